The summed E-state index contributed by atoms with van der Waals surface area (Å²) in [5.74, 6) is 0.599. The van der Waals surface area contributed by atoms with Gasteiger partial charge in [-0.1, -0.05) is 12.7 Å². The Bertz CT molecular complexity index is 915. The van der Waals surface area contributed by atoms with E-state index in [1.165, 1.54) is 25.3 Å². The van der Waals surface area contributed by atoms with E-state index in [9.17, 15) is 15.2 Å². The van der Waals surface area contributed by atoms with Crippen molar-refractivity contribution in [1.29, 1.82) is 5.26 Å². The van der Waals surface area contributed by atoms with Crippen LogP contribution in [-0.4, -0.2) is 24.7 Å². The second-order valence-electron chi connectivity index (χ2n) is 5.30. The van der Waals surface area contributed by atoms with Crippen LogP contribution in [0.5, 0.6) is 17.2 Å². The first-order valence-corrected chi connectivity index (χ1v) is 8.89. The van der Waals surface area contributed by atoms with Crippen molar-refractivity contribution >= 4 is 40.3 Å². The first-order valence-electron chi connectivity index (χ1n) is 7.82. The third kappa shape index (κ3) is 5.49. The van der Waals surface area contributed by atoms with E-state index in [1.54, 1.807) is 30.3 Å². The number of benzene rings is 2. The number of hydrogen-bond acceptors (Lipinski definition) is 5. The number of nitriles is 1. The fourth-order valence-corrected chi connectivity index (χ4v) is 2.94. The van der Waals surface area contributed by atoms with Crippen LogP contribution in [0.3, 0.4) is 0 Å². The largest absolute Gasteiger partial charge is 0.508 e. The van der Waals surface area contributed by atoms with Crippen LogP contribution < -0.4 is 14.8 Å². The molecule has 0 spiro atoms. The maximum atomic E-state index is 12.3. The minimum absolute atomic E-state index is 0.0688. The van der Waals surface area contributed by atoms with E-state index < -0.39 is 5.91 Å². The van der Waals surface area contributed by atoms with Gasteiger partial charge in [0.25, 0.3) is 5.91 Å². The van der Waals surface area contributed by atoms with Crippen molar-refractivity contribution < 1.29 is 19.4 Å². The Labute approximate surface area is 170 Å². The Balaban J connectivity index is 2.29. The van der Waals surface area contributed by atoms with E-state index in [0.717, 1.165) is 3.57 Å². The van der Waals surface area contributed by atoms with Gasteiger partial charge in [-0.2, -0.15) is 5.26 Å². The first kappa shape index (κ1) is 20.3. The van der Waals surface area contributed by atoms with Gasteiger partial charge in [0.2, 0.25) is 0 Å². The normalized spacial score (nSPS) is 10.6. The second-order valence-corrected chi connectivity index (χ2v) is 6.47. The highest BCUT2D eigenvalue weighted by molar-refractivity contribution is 14.1. The molecular formula is C20H17IN2O4. The molecule has 2 aromatic rings. The molecule has 138 valence electrons. The molecule has 0 fully saturated rings. The molecule has 1 amide bonds. The molecule has 0 saturated carbocycles. The van der Waals surface area contributed by atoms with Crippen LogP contribution in [-0.2, 0) is 4.79 Å². The number of amides is 1. The molecule has 0 unspecified atom stereocenters. The number of ether oxygens (including phenoxy) is 2. The SMILES string of the molecule is C=CCOc1c(I)cc(/C=C(/C#N)C(=O)Nc2ccc(O)cc2)cc1OC. The van der Waals surface area contributed by atoms with Crippen molar-refractivity contribution in [1.82, 2.24) is 0 Å². The summed E-state index contributed by atoms with van der Waals surface area (Å²) in [4.78, 5) is 12.3. The summed E-state index contributed by atoms with van der Waals surface area (Å²) in [6, 6.07) is 11.3. The second kappa shape index (κ2) is 9.64. The maximum Gasteiger partial charge on any atom is 0.266 e. The highest BCUT2D eigenvalue weighted by Gasteiger charge is 2.14. The van der Waals surface area contributed by atoms with Gasteiger partial charge in [0.15, 0.2) is 11.5 Å². The molecule has 2 aromatic carbocycles. The predicted molar refractivity (Wildman–Crippen MR) is 112 cm³/mol. The summed E-state index contributed by atoms with van der Waals surface area (Å²) in [6.45, 7) is 3.95. The average Bonchev–Trinajstić information content (AvgIpc) is 2.66. The number of carbonyl (C=O) groups is 1. The molecule has 7 heteroatoms. The van der Waals surface area contributed by atoms with Gasteiger partial charge in [-0.25, -0.2) is 0 Å². The maximum absolute atomic E-state index is 12.3. The number of aromatic hydroxyl groups is 1. The van der Waals surface area contributed by atoms with Gasteiger partial charge in [-0.05, 0) is 70.6 Å². The number of nitrogens with zero attached hydrogens (tertiary/aromatic N) is 1. The molecule has 0 atom stereocenters. The zero-order valence-electron chi connectivity index (χ0n) is 14.5. The van der Waals surface area contributed by atoms with Crippen molar-refractivity contribution in [3.8, 4) is 23.3 Å². The lowest BCUT2D eigenvalue weighted by Crippen LogP contribution is -2.13. The zero-order valence-corrected chi connectivity index (χ0v) is 16.7. The average molecular weight is 476 g/mol. The van der Waals surface area contributed by atoms with Crippen molar-refractivity contribution in [2.45, 2.75) is 0 Å². The zero-order chi connectivity index (χ0) is 19.8. The van der Waals surface area contributed by atoms with Gasteiger partial charge in [0, 0.05) is 5.69 Å². The Kier molecular flexibility index (Phi) is 7.25. The highest BCUT2D eigenvalue weighted by Crippen LogP contribution is 2.34. The molecule has 0 heterocycles. The lowest BCUT2D eigenvalue weighted by Gasteiger charge is -2.12. The van der Waals surface area contributed by atoms with Gasteiger partial charge < -0.3 is 19.9 Å². The lowest BCUT2D eigenvalue weighted by molar-refractivity contribution is -0.112. The van der Waals surface area contributed by atoms with Crippen LogP contribution in [0.4, 0.5) is 5.69 Å². The van der Waals surface area contributed by atoms with Crippen LogP contribution in [0.25, 0.3) is 6.08 Å². The van der Waals surface area contributed by atoms with Gasteiger partial charge in [0.05, 0.1) is 10.7 Å². The number of nitrogens with one attached hydrogen (secondary N) is 1. The standard InChI is InChI=1S/C20H17IN2O4/c1-3-8-27-19-17(21)10-13(11-18(19)26-2)9-14(12-22)20(25)23-15-4-6-16(24)7-5-15/h3-7,9-11,24H,1,8H2,2H3,(H,23,25)/b14-9-. The van der Waals surface area contributed by atoms with E-state index in [1.807, 2.05) is 6.07 Å². The molecule has 0 aliphatic rings. The Hall–Kier alpha value is -2.99. The van der Waals surface area contributed by atoms with Gasteiger partial charge in [0.1, 0.15) is 24.0 Å². The number of carbonyl (C=O) groups excluding carboxylic acids is 1. The monoisotopic (exact) mass is 476 g/mol. The summed E-state index contributed by atoms with van der Waals surface area (Å²) >= 11 is 2.10. The van der Waals surface area contributed by atoms with Crippen molar-refractivity contribution in [3.63, 3.8) is 0 Å². The summed E-state index contributed by atoms with van der Waals surface area (Å²) in [5.41, 5.74) is 1.03. The van der Waals surface area contributed by atoms with Gasteiger partial charge >= 0.3 is 0 Å². The van der Waals surface area contributed by atoms with E-state index in [2.05, 4.69) is 34.5 Å². The first-order chi connectivity index (χ1) is 13.0. The molecule has 0 radical (unpaired) electrons. The fourth-order valence-electron chi connectivity index (χ4n) is 2.16. The highest BCUT2D eigenvalue weighted by atomic mass is 127. The minimum atomic E-state index is -0.552. The molecule has 0 saturated heterocycles. The van der Waals surface area contributed by atoms with Crippen LogP contribution in [0, 0.1) is 14.9 Å². The summed E-state index contributed by atoms with van der Waals surface area (Å²) in [7, 11) is 1.52. The molecule has 0 aromatic heterocycles. The van der Waals surface area contributed by atoms with E-state index >= 15 is 0 Å². The number of methoxy groups -OCH3 is 1. The Morgan fingerprint density at radius 3 is 2.67 bits per heavy atom. The van der Waals surface area contributed by atoms with Crippen molar-refractivity contribution in [2.75, 3.05) is 19.0 Å². The molecular weight excluding hydrogens is 459 g/mol. The Morgan fingerprint density at radius 1 is 1.37 bits per heavy atom. The van der Waals surface area contributed by atoms with E-state index in [0.29, 0.717) is 29.4 Å². The van der Waals surface area contributed by atoms with Crippen LogP contribution in [0.2, 0.25) is 0 Å². The van der Waals surface area contributed by atoms with Crippen molar-refractivity contribution in [3.05, 3.63) is 63.8 Å². The number of halogens is 1. The molecule has 0 aliphatic heterocycles. The molecule has 0 aliphatic carbocycles. The molecule has 2 N–H and O–H groups in total. The minimum Gasteiger partial charge on any atom is -0.508 e. The van der Waals surface area contributed by atoms with Crippen molar-refractivity contribution in [2.24, 2.45) is 0 Å². The lowest BCUT2D eigenvalue weighted by atomic mass is 10.1. The van der Waals surface area contributed by atoms with Crippen LogP contribution in [0.15, 0.2) is 54.6 Å². The summed E-state index contributed by atoms with van der Waals surface area (Å²) < 4.78 is 11.7. The smallest absolute Gasteiger partial charge is 0.266 e. The molecule has 6 nitrogen and oxygen atoms in total. The summed E-state index contributed by atoms with van der Waals surface area (Å²) in [5, 5.41) is 21.3. The Morgan fingerprint density at radius 2 is 2.07 bits per heavy atom. The molecule has 0 bridgehead atoms. The third-order valence-corrected chi connectivity index (χ3v) is 4.20. The van der Waals surface area contributed by atoms with Gasteiger partial charge in [-0.3, -0.25) is 4.79 Å². The quantitative estimate of drug-likeness (QED) is 0.206. The number of phenolic OH excluding ortho intramolecular Hbond substituents is 1. The predicted octanol–water partition coefficient (Wildman–Crippen LogP) is 4.12. The summed E-state index contributed by atoms with van der Waals surface area (Å²) in [6.07, 6.45) is 3.10. The number of phenols is 1. The molecule has 27 heavy (non-hydrogen) atoms. The number of rotatable bonds is 7. The van der Waals surface area contributed by atoms with Crippen LogP contribution in [0.1, 0.15) is 5.56 Å². The van der Waals surface area contributed by atoms with Crippen LogP contribution >= 0.6 is 22.6 Å². The topological polar surface area (TPSA) is 91.6 Å². The third-order valence-electron chi connectivity index (χ3n) is 3.40. The number of anilines is 1. The van der Waals surface area contributed by atoms with E-state index in [-0.39, 0.29) is 11.3 Å². The number of hydrogen-bond donors (Lipinski definition) is 2. The van der Waals surface area contributed by atoms with E-state index in [4.69, 9.17) is 9.47 Å². The fraction of sp³-hybridized carbons (Fsp3) is 0.100. The van der Waals surface area contributed by atoms with Gasteiger partial charge in [-0.15, -0.1) is 0 Å². The molecule has 2 rings (SSSR count).